The van der Waals surface area contributed by atoms with Crippen molar-refractivity contribution in [1.29, 1.82) is 0 Å². The summed E-state index contributed by atoms with van der Waals surface area (Å²) in [6.45, 7) is 5.30. The minimum absolute atomic E-state index is 0.125. The molecule has 1 aromatic carbocycles. The Balaban J connectivity index is 3.02. The first-order valence-corrected chi connectivity index (χ1v) is 4.68. The van der Waals surface area contributed by atoms with Crippen molar-refractivity contribution >= 4 is 17.6 Å². The molecule has 4 nitrogen and oxygen atoms in total. The zero-order chi connectivity index (χ0) is 11.4. The summed E-state index contributed by atoms with van der Waals surface area (Å²) < 4.78 is 0. The van der Waals surface area contributed by atoms with Crippen molar-refractivity contribution < 1.29 is 4.79 Å². The Hall–Kier alpha value is -1.84. The monoisotopic (exact) mass is 205 g/mol. The van der Waals surface area contributed by atoms with Crippen LogP contribution in [0.15, 0.2) is 23.2 Å². The molecule has 0 saturated carbocycles. The highest BCUT2D eigenvalue weighted by atomic mass is 16.1. The molecule has 0 radical (unpaired) electrons. The molecular weight excluding hydrogens is 190 g/mol. The van der Waals surface area contributed by atoms with Gasteiger partial charge in [-0.1, -0.05) is 18.2 Å². The number of carbonyl (C=O) groups excluding carboxylic acids is 1. The summed E-state index contributed by atoms with van der Waals surface area (Å²) in [7, 11) is 0. The predicted molar refractivity (Wildman–Crippen MR) is 61.0 cm³/mol. The number of guanidine groups is 1. The molecule has 3 N–H and O–H groups in total. The minimum Gasteiger partial charge on any atom is -0.369 e. The van der Waals surface area contributed by atoms with E-state index >= 15 is 0 Å². The van der Waals surface area contributed by atoms with Crippen molar-refractivity contribution in [3.63, 3.8) is 0 Å². The minimum atomic E-state index is -0.220. The Bertz CT molecular complexity index is 390. The van der Waals surface area contributed by atoms with Gasteiger partial charge in [-0.15, -0.1) is 0 Å². The number of hydrogen-bond donors (Lipinski definition) is 2. The van der Waals surface area contributed by atoms with Gasteiger partial charge in [0.2, 0.25) is 11.9 Å². The summed E-state index contributed by atoms with van der Waals surface area (Å²) in [5.41, 5.74) is 8.43. The van der Waals surface area contributed by atoms with E-state index in [0.29, 0.717) is 0 Å². The van der Waals surface area contributed by atoms with Crippen LogP contribution in [0.4, 0.5) is 5.69 Å². The second-order valence-electron chi connectivity index (χ2n) is 3.42. The molecule has 1 rings (SSSR count). The van der Waals surface area contributed by atoms with Crippen molar-refractivity contribution in [2.45, 2.75) is 20.8 Å². The fourth-order valence-corrected chi connectivity index (χ4v) is 1.31. The van der Waals surface area contributed by atoms with Gasteiger partial charge in [0, 0.05) is 6.92 Å². The smallest absolute Gasteiger partial charge is 0.223 e. The molecule has 80 valence electrons. The lowest BCUT2D eigenvalue weighted by molar-refractivity contribution is -0.117. The van der Waals surface area contributed by atoms with E-state index in [9.17, 15) is 4.79 Å². The Morgan fingerprint density at radius 2 is 1.87 bits per heavy atom. The fourth-order valence-electron chi connectivity index (χ4n) is 1.31. The van der Waals surface area contributed by atoms with Crippen LogP contribution in [0.5, 0.6) is 0 Å². The summed E-state index contributed by atoms with van der Waals surface area (Å²) in [5.74, 6) is -0.0950. The van der Waals surface area contributed by atoms with Gasteiger partial charge in [-0.3, -0.25) is 10.1 Å². The van der Waals surface area contributed by atoms with Crippen LogP contribution < -0.4 is 11.1 Å². The second kappa shape index (κ2) is 4.59. The lowest BCUT2D eigenvalue weighted by Crippen LogP contribution is -2.34. The number of hydrogen-bond acceptors (Lipinski definition) is 2. The third-order valence-corrected chi connectivity index (χ3v) is 1.98. The molecule has 0 atom stereocenters. The zero-order valence-corrected chi connectivity index (χ0v) is 9.16. The van der Waals surface area contributed by atoms with Crippen LogP contribution in [0.25, 0.3) is 0 Å². The highest BCUT2D eigenvalue weighted by molar-refractivity contribution is 5.96. The van der Waals surface area contributed by atoms with Crippen LogP contribution in [-0.2, 0) is 4.79 Å². The van der Waals surface area contributed by atoms with E-state index < -0.39 is 0 Å². The number of aryl methyl sites for hydroxylation is 2. The van der Waals surface area contributed by atoms with E-state index in [1.54, 1.807) is 0 Å². The summed E-state index contributed by atoms with van der Waals surface area (Å²) in [6.07, 6.45) is 0. The topological polar surface area (TPSA) is 67.5 Å². The molecule has 0 saturated heterocycles. The van der Waals surface area contributed by atoms with Crippen LogP contribution in [0.3, 0.4) is 0 Å². The molecule has 1 amide bonds. The molecule has 0 unspecified atom stereocenters. The molecule has 1 aromatic rings. The summed E-state index contributed by atoms with van der Waals surface area (Å²) in [6, 6.07) is 5.86. The van der Waals surface area contributed by atoms with Crippen LogP contribution in [0, 0.1) is 13.8 Å². The van der Waals surface area contributed by atoms with E-state index in [-0.39, 0.29) is 11.9 Å². The Labute approximate surface area is 89.2 Å². The summed E-state index contributed by atoms with van der Waals surface area (Å²) in [5, 5.41) is 2.43. The maximum atomic E-state index is 10.7. The third kappa shape index (κ3) is 3.09. The van der Waals surface area contributed by atoms with Crippen LogP contribution >= 0.6 is 0 Å². The van der Waals surface area contributed by atoms with Gasteiger partial charge in [0.15, 0.2) is 0 Å². The zero-order valence-electron chi connectivity index (χ0n) is 9.16. The SMILES string of the molecule is CC(=O)NC(N)=Nc1c(C)cccc1C. The van der Waals surface area contributed by atoms with Crippen molar-refractivity contribution in [3.05, 3.63) is 29.3 Å². The van der Waals surface area contributed by atoms with Gasteiger partial charge in [-0.25, -0.2) is 4.99 Å². The number of nitrogens with zero attached hydrogens (tertiary/aromatic N) is 1. The molecule has 0 aliphatic rings. The molecule has 0 spiro atoms. The normalized spacial score (nSPS) is 11.3. The molecule has 0 heterocycles. The van der Waals surface area contributed by atoms with E-state index in [1.807, 2.05) is 32.0 Å². The lowest BCUT2D eigenvalue weighted by atomic mass is 10.1. The first kappa shape index (κ1) is 11.2. The van der Waals surface area contributed by atoms with Gasteiger partial charge in [-0.2, -0.15) is 0 Å². The Kier molecular flexibility index (Phi) is 3.44. The van der Waals surface area contributed by atoms with Crippen molar-refractivity contribution in [2.24, 2.45) is 10.7 Å². The van der Waals surface area contributed by atoms with Crippen LogP contribution in [-0.4, -0.2) is 11.9 Å². The quantitative estimate of drug-likeness (QED) is 0.537. The molecule has 0 aliphatic heterocycles. The summed E-state index contributed by atoms with van der Waals surface area (Å²) >= 11 is 0. The molecule has 0 aromatic heterocycles. The second-order valence-corrected chi connectivity index (χ2v) is 3.42. The number of benzene rings is 1. The first-order valence-electron chi connectivity index (χ1n) is 4.68. The number of carbonyl (C=O) groups is 1. The summed E-state index contributed by atoms with van der Waals surface area (Å²) in [4.78, 5) is 14.9. The van der Waals surface area contributed by atoms with Gasteiger partial charge in [0.05, 0.1) is 5.69 Å². The van der Waals surface area contributed by atoms with E-state index in [4.69, 9.17) is 5.73 Å². The Morgan fingerprint density at radius 1 is 1.33 bits per heavy atom. The third-order valence-electron chi connectivity index (χ3n) is 1.98. The number of aliphatic imine (C=N–C) groups is 1. The lowest BCUT2D eigenvalue weighted by Gasteiger charge is -2.06. The molecule has 0 fully saturated rings. The van der Waals surface area contributed by atoms with Crippen LogP contribution in [0.1, 0.15) is 18.1 Å². The molecule has 15 heavy (non-hydrogen) atoms. The van der Waals surface area contributed by atoms with E-state index in [0.717, 1.165) is 16.8 Å². The maximum absolute atomic E-state index is 10.7. The van der Waals surface area contributed by atoms with Gasteiger partial charge < -0.3 is 5.73 Å². The van der Waals surface area contributed by atoms with Crippen LogP contribution in [0.2, 0.25) is 0 Å². The van der Waals surface area contributed by atoms with E-state index in [2.05, 4.69) is 10.3 Å². The molecule has 4 heteroatoms. The highest BCUT2D eigenvalue weighted by Gasteiger charge is 2.02. The molecule has 0 bridgehead atoms. The van der Waals surface area contributed by atoms with Gasteiger partial charge >= 0.3 is 0 Å². The van der Waals surface area contributed by atoms with Crippen molar-refractivity contribution in [1.82, 2.24) is 5.32 Å². The maximum Gasteiger partial charge on any atom is 0.223 e. The van der Waals surface area contributed by atoms with E-state index in [1.165, 1.54) is 6.92 Å². The van der Waals surface area contributed by atoms with Gasteiger partial charge in [0.25, 0.3) is 0 Å². The highest BCUT2D eigenvalue weighted by Crippen LogP contribution is 2.22. The number of para-hydroxylation sites is 1. The first-order chi connectivity index (χ1) is 7.00. The van der Waals surface area contributed by atoms with Gasteiger partial charge in [-0.05, 0) is 25.0 Å². The number of amides is 1. The largest absolute Gasteiger partial charge is 0.369 e. The molecular formula is C11H15N3O. The number of rotatable bonds is 1. The fraction of sp³-hybridized carbons (Fsp3) is 0.273. The number of nitrogens with one attached hydrogen (secondary N) is 1. The standard InChI is InChI=1S/C11H15N3O/c1-7-5-4-6-8(2)10(7)14-11(12)13-9(3)15/h4-6H,1-3H3,(H3,12,13,14,15). The van der Waals surface area contributed by atoms with Crippen molar-refractivity contribution in [3.8, 4) is 0 Å². The Morgan fingerprint density at radius 3 is 2.33 bits per heavy atom. The molecule has 0 aliphatic carbocycles. The van der Waals surface area contributed by atoms with Gasteiger partial charge in [0.1, 0.15) is 0 Å². The predicted octanol–water partition coefficient (Wildman–Crippen LogP) is 1.39. The van der Waals surface area contributed by atoms with Crippen molar-refractivity contribution in [2.75, 3.05) is 0 Å². The average Bonchev–Trinajstić information content (AvgIpc) is 2.10. The number of nitrogens with two attached hydrogens (primary N) is 1. The average molecular weight is 205 g/mol.